The fraction of sp³-hybridized carbons (Fsp3) is 0.500. The summed E-state index contributed by atoms with van der Waals surface area (Å²) in [5.74, 6) is 0.227. The van der Waals surface area contributed by atoms with E-state index in [2.05, 4.69) is 16.0 Å². The molecule has 1 aliphatic carbocycles. The van der Waals surface area contributed by atoms with Gasteiger partial charge in [0.1, 0.15) is 0 Å². The molecule has 0 bridgehead atoms. The lowest BCUT2D eigenvalue weighted by Gasteiger charge is -2.15. The Labute approximate surface area is 125 Å². The van der Waals surface area contributed by atoms with Crippen LogP contribution in [0, 0.1) is 12.8 Å². The van der Waals surface area contributed by atoms with Gasteiger partial charge < -0.3 is 16.0 Å². The van der Waals surface area contributed by atoms with E-state index in [9.17, 15) is 9.59 Å². The third-order valence-corrected chi connectivity index (χ3v) is 3.69. The van der Waals surface area contributed by atoms with Crippen molar-refractivity contribution in [3.05, 3.63) is 23.8 Å². The molecule has 21 heavy (non-hydrogen) atoms. The molecular weight excluding hydrogens is 266 g/mol. The van der Waals surface area contributed by atoms with Crippen molar-refractivity contribution in [2.75, 3.05) is 10.6 Å². The molecule has 5 nitrogen and oxygen atoms in total. The second-order valence-corrected chi connectivity index (χ2v) is 5.70. The topological polar surface area (TPSA) is 70.2 Å². The highest BCUT2D eigenvalue weighted by Crippen LogP contribution is 2.30. The molecule has 1 atom stereocenters. The summed E-state index contributed by atoms with van der Waals surface area (Å²) >= 11 is 0. The van der Waals surface area contributed by atoms with Gasteiger partial charge in [-0.2, -0.15) is 0 Å². The summed E-state index contributed by atoms with van der Waals surface area (Å²) < 4.78 is 0. The molecule has 3 N–H and O–H groups in total. The van der Waals surface area contributed by atoms with Crippen LogP contribution in [0.3, 0.4) is 0 Å². The number of hydrogen-bond acceptors (Lipinski definition) is 2. The van der Waals surface area contributed by atoms with Crippen LogP contribution < -0.4 is 16.0 Å². The molecule has 0 aliphatic heterocycles. The third kappa shape index (κ3) is 4.48. The molecule has 2 rings (SSSR count). The maximum atomic E-state index is 11.9. The summed E-state index contributed by atoms with van der Waals surface area (Å²) in [4.78, 5) is 23.6. The smallest absolute Gasteiger partial charge is 0.319 e. The Kier molecular flexibility index (Phi) is 4.83. The molecule has 1 fully saturated rings. The first-order valence-electron chi connectivity index (χ1n) is 7.48. The van der Waals surface area contributed by atoms with Crippen molar-refractivity contribution in [2.24, 2.45) is 5.92 Å². The number of carbonyl (C=O) groups excluding carboxylic acids is 2. The van der Waals surface area contributed by atoms with E-state index < -0.39 is 0 Å². The van der Waals surface area contributed by atoms with E-state index in [-0.39, 0.29) is 23.9 Å². The van der Waals surface area contributed by atoms with E-state index >= 15 is 0 Å². The Morgan fingerprint density at radius 2 is 2.00 bits per heavy atom. The second kappa shape index (κ2) is 6.61. The lowest BCUT2D eigenvalue weighted by molar-refractivity contribution is -0.117. The molecular formula is C16H23N3O2. The van der Waals surface area contributed by atoms with Crippen molar-refractivity contribution < 1.29 is 9.59 Å². The predicted molar refractivity (Wildman–Crippen MR) is 84.4 cm³/mol. The Balaban J connectivity index is 2.00. The molecule has 1 aromatic rings. The van der Waals surface area contributed by atoms with Crippen LogP contribution in [-0.4, -0.2) is 18.0 Å². The van der Waals surface area contributed by atoms with Gasteiger partial charge in [0.15, 0.2) is 0 Å². The van der Waals surface area contributed by atoms with Gasteiger partial charge in [-0.3, -0.25) is 4.79 Å². The second-order valence-electron chi connectivity index (χ2n) is 5.70. The van der Waals surface area contributed by atoms with Crippen LogP contribution >= 0.6 is 0 Å². The normalized spacial score (nSPS) is 15.2. The highest BCUT2D eigenvalue weighted by atomic mass is 16.2. The van der Waals surface area contributed by atoms with Crippen LogP contribution in [0.4, 0.5) is 16.2 Å². The highest BCUT2D eigenvalue weighted by Gasteiger charge is 2.29. The number of nitrogens with one attached hydrogen (secondary N) is 3. The van der Waals surface area contributed by atoms with Crippen LogP contribution in [0.5, 0.6) is 0 Å². The van der Waals surface area contributed by atoms with Crippen LogP contribution in [-0.2, 0) is 4.79 Å². The summed E-state index contributed by atoms with van der Waals surface area (Å²) in [5, 5.41) is 8.57. The fourth-order valence-corrected chi connectivity index (χ4v) is 1.91. The molecule has 1 aliphatic rings. The van der Waals surface area contributed by atoms with Gasteiger partial charge in [-0.05, 0) is 50.8 Å². The molecule has 3 amide bonds. The lowest BCUT2D eigenvalue weighted by Crippen LogP contribution is -2.35. The number of aryl methyl sites for hydroxylation is 1. The van der Waals surface area contributed by atoms with Gasteiger partial charge in [-0.15, -0.1) is 0 Å². The van der Waals surface area contributed by atoms with Gasteiger partial charge in [0.25, 0.3) is 0 Å². The molecule has 0 aromatic heterocycles. The maximum absolute atomic E-state index is 11.9. The Morgan fingerprint density at radius 1 is 1.29 bits per heavy atom. The fourth-order valence-electron chi connectivity index (χ4n) is 1.91. The van der Waals surface area contributed by atoms with Crippen molar-refractivity contribution >= 4 is 23.3 Å². The number of anilines is 2. The van der Waals surface area contributed by atoms with E-state index in [1.807, 2.05) is 32.9 Å². The van der Waals surface area contributed by atoms with Gasteiger partial charge in [-0.25, -0.2) is 4.79 Å². The minimum Gasteiger partial charge on any atom is -0.335 e. The molecule has 1 unspecified atom stereocenters. The summed E-state index contributed by atoms with van der Waals surface area (Å²) in [7, 11) is 0. The summed E-state index contributed by atoms with van der Waals surface area (Å²) in [6, 6.07) is 5.45. The van der Waals surface area contributed by atoms with Crippen molar-refractivity contribution in [1.82, 2.24) is 5.32 Å². The van der Waals surface area contributed by atoms with E-state index in [0.29, 0.717) is 5.69 Å². The first-order chi connectivity index (χ1) is 9.99. The third-order valence-electron chi connectivity index (χ3n) is 3.69. The van der Waals surface area contributed by atoms with Crippen molar-refractivity contribution in [3.8, 4) is 0 Å². The minimum absolute atomic E-state index is 0.0638. The Morgan fingerprint density at radius 3 is 2.62 bits per heavy atom. The van der Waals surface area contributed by atoms with E-state index in [0.717, 1.165) is 30.5 Å². The number of urea groups is 1. The first kappa shape index (κ1) is 15.4. The molecule has 1 aromatic carbocycles. The minimum atomic E-state index is -0.224. The molecule has 0 radical (unpaired) electrons. The van der Waals surface area contributed by atoms with Gasteiger partial charge in [-0.1, -0.05) is 13.0 Å². The molecule has 0 heterocycles. The maximum Gasteiger partial charge on any atom is 0.319 e. The zero-order valence-electron chi connectivity index (χ0n) is 12.8. The molecule has 0 saturated heterocycles. The summed E-state index contributed by atoms with van der Waals surface area (Å²) in [6.07, 6.45) is 2.82. The summed E-state index contributed by atoms with van der Waals surface area (Å²) in [5.41, 5.74) is 2.39. The van der Waals surface area contributed by atoms with Crippen molar-refractivity contribution in [3.63, 3.8) is 0 Å². The van der Waals surface area contributed by atoms with Crippen LogP contribution in [0.1, 0.15) is 38.7 Å². The van der Waals surface area contributed by atoms with Crippen LogP contribution in [0.15, 0.2) is 18.2 Å². The standard InChI is InChI=1S/C16H23N3O2/c1-4-11(3)17-16(21)19-14-9-13(8-5-10(14)2)18-15(20)12-6-7-12/h5,8-9,11-12H,4,6-7H2,1-3H3,(H,18,20)(H2,17,19,21). The van der Waals surface area contributed by atoms with Crippen molar-refractivity contribution in [2.45, 2.75) is 46.1 Å². The summed E-state index contributed by atoms with van der Waals surface area (Å²) in [6.45, 7) is 5.90. The Bertz CT molecular complexity index is 538. The molecule has 1 saturated carbocycles. The quantitative estimate of drug-likeness (QED) is 0.778. The number of hydrogen-bond donors (Lipinski definition) is 3. The zero-order chi connectivity index (χ0) is 15.4. The number of rotatable bonds is 5. The average Bonchev–Trinajstić information content (AvgIpc) is 3.26. The predicted octanol–water partition coefficient (Wildman–Crippen LogP) is 3.26. The molecule has 114 valence electrons. The molecule has 5 heteroatoms. The molecule has 0 spiro atoms. The zero-order valence-corrected chi connectivity index (χ0v) is 12.8. The lowest BCUT2D eigenvalue weighted by atomic mass is 10.1. The van der Waals surface area contributed by atoms with Gasteiger partial charge in [0, 0.05) is 23.3 Å². The highest BCUT2D eigenvalue weighted by molar-refractivity contribution is 5.96. The monoisotopic (exact) mass is 289 g/mol. The van der Waals surface area contributed by atoms with Crippen LogP contribution in [0.2, 0.25) is 0 Å². The van der Waals surface area contributed by atoms with Crippen LogP contribution in [0.25, 0.3) is 0 Å². The SMILES string of the molecule is CCC(C)NC(=O)Nc1cc(NC(=O)C2CC2)ccc1C. The van der Waals surface area contributed by atoms with Gasteiger partial charge >= 0.3 is 6.03 Å². The number of carbonyl (C=O) groups is 2. The Hall–Kier alpha value is -2.04. The average molecular weight is 289 g/mol. The number of amides is 3. The first-order valence-corrected chi connectivity index (χ1v) is 7.48. The van der Waals surface area contributed by atoms with Gasteiger partial charge in [0.05, 0.1) is 0 Å². The van der Waals surface area contributed by atoms with E-state index in [1.54, 1.807) is 6.07 Å². The largest absolute Gasteiger partial charge is 0.335 e. The van der Waals surface area contributed by atoms with E-state index in [1.165, 1.54) is 0 Å². The number of benzene rings is 1. The van der Waals surface area contributed by atoms with Crippen molar-refractivity contribution in [1.29, 1.82) is 0 Å². The van der Waals surface area contributed by atoms with E-state index in [4.69, 9.17) is 0 Å². The van der Waals surface area contributed by atoms with Gasteiger partial charge in [0.2, 0.25) is 5.91 Å².